The molecule has 4 nitrogen and oxygen atoms in total. The standard InChI is InChI=1S/C28H34ClFN4/c1-18(31)28-23-8-6-20(19-11-14-34(15-12-19)22-4-2-3-5-22)16-24(23)26(10-13-32-28)33-27-17-21(29)7-9-25(27)30/h6-9,11,16-17,22,26,32-33H,2-5,10,12-15,31H2,1H3/b28-18-. The fourth-order valence-corrected chi connectivity index (χ4v) is 5.89. The van der Waals surface area contributed by atoms with Crippen molar-refractivity contribution < 1.29 is 4.39 Å². The molecule has 0 bridgehead atoms. The Morgan fingerprint density at radius 3 is 2.71 bits per heavy atom. The van der Waals surface area contributed by atoms with E-state index in [0.717, 1.165) is 61.0 Å². The van der Waals surface area contributed by atoms with Crippen LogP contribution in [0.3, 0.4) is 0 Å². The van der Waals surface area contributed by atoms with Crippen molar-refractivity contribution in [2.24, 2.45) is 5.73 Å². The Labute approximate surface area is 207 Å². The van der Waals surface area contributed by atoms with E-state index in [1.165, 1.54) is 42.9 Å². The van der Waals surface area contributed by atoms with Gasteiger partial charge in [0.2, 0.25) is 0 Å². The molecule has 2 aromatic rings. The van der Waals surface area contributed by atoms with Crippen molar-refractivity contribution in [2.75, 3.05) is 25.0 Å². The molecule has 0 saturated heterocycles. The molecule has 5 rings (SSSR count). The maximum Gasteiger partial charge on any atom is 0.146 e. The van der Waals surface area contributed by atoms with Crippen LogP contribution < -0.4 is 16.4 Å². The van der Waals surface area contributed by atoms with Crippen LogP contribution in [0.15, 0.2) is 48.2 Å². The fraction of sp³-hybridized carbons (Fsp3) is 0.429. The van der Waals surface area contributed by atoms with Gasteiger partial charge in [-0.3, -0.25) is 4.90 Å². The van der Waals surface area contributed by atoms with Gasteiger partial charge in [0.25, 0.3) is 0 Å². The van der Waals surface area contributed by atoms with Gasteiger partial charge < -0.3 is 16.4 Å². The minimum Gasteiger partial charge on any atom is -0.401 e. The van der Waals surface area contributed by atoms with Crippen LogP contribution in [0.5, 0.6) is 0 Å². The van der Waals surface area contributed by atoms with Crippen LogP contribution in [-0.2, 0) is 0 Å². The molecule has 2 aliphatic heterocycles. The van der Waals surface area contributed by atoms with Gasteiger partial charge in [-0.2, -0.15) is 0 Å². The van der Waals surface area contributed by atoms with Crippen LogP contribution >= 0.6 is 11.6 Å². The van der Waals surface area contributed by atoms with Crippen LogP contribution in [0.25, 0.3) is 11.3 Å². The number of rotatable bonds is 4. The highest BCUT2D eigenvalue weighted by Crippen LogP contribution is 2.36. The molecule has 1 atom stereocenters. The Morgan fingerprint density at radius 1 is 1.15 bits per heavy atom. The average molecular weight is 481 g/mol. The maximum absolute atomic E-state index is 14.6. The molecule has 0 radical (unpaired) electrons. The van der Waals surface area contributed by atoms with E-state index in [2.05, 4.69) is 39.8 Å². The Morgan fingerprint density at radius 2 is 1.97 bits per heavy atom. The van der Waals surface area contributed by atoms with E-state index in [0.29, 0.717) is 10.7 Å². The SMILES string of the molecule is C/C(N)=C1/NCCC(Nc2cc(Cl)ccc2F)c2cc(C3=CCN(C4CCCC4)CC3)ccc21. The molecule has 0 aromatic heterocycles. The normalized spacial score (nSPS) is 23.0. The highest BCUT2D eigenvalue weighted by atomic mass is 35.5. The molecular formula is C28H34ClFN4. The van der Waals surface area contributed by atoms with E-state index in [1.807, 2.05) is 6.92 Å². The third kappa shape index (κ3) is 4.82. The van der Waals surface area contributed by atoms with Crippen molar-refractivity contribution in [3.8, 4) is 0 Å². The van der Waals surface area contributed by atoms with Gasteiger partial charge in [-0.1, -0.05) is 42.7 Å². The van der Waals surface area contributed by atoms with Gasteiger partial charge in [-0.15, -0.1) is 0 Å². The third-order valence-electron chi connectivity index (χ3n) is 7.54. The Hall–Kier alpha value is -2.50. The summed E-state index contributed by atoms with van der Waals surface area (Å²) < 4.78 is 14.6. The monoisotopic (exact) mass is 480 g/mol. The number of fused-ring (bicyclic) bond motifs is 1. The first kappa shape index (κ1) is 23.3. The zero-order valence-corrected chi connectivity index (χ0v) is 20.6. The molecule has 4 N–H and O–H groups in total. The molecule has 3 aliphatic rings. The summed E-state index contributed by atoms with van der Waals surface area (Å²) in [5, 5.41) is 7.43. The van der Waals surface area contributed by atoms with Crippen molar-refractivity contribution in [3.63, 3.8) is 0 Å². The smallest absolute Gasteiger partial charge is 0.146 e. The van der Waals surface area contributed by atoms with Gasteiger partial charge in [0, 0.05) is 42.0 Å². The molecule has 0 spiro atoms. The number of halogens is 2. The topological polar surface area (TPSA) is 53.3 Å². The molecule has 1 aliphatic carbocycles. The van der Waals surface area contributed by atoms with Gasteiger partial charge in [0.15, 0.2) is 0 Å². The zero-order chi connectivity index (χ0) is 23.7. The lowest BCUT2D eigenvalue weighted by atomic mass is 9.90. The highest BCUT2D eigenvalue weighted by Gasteiger charge is 2.26. The molecule has 2 heterocycles. The zero-order valence-electron chi connectivity index (χ0n) is 19.8. The van der Waals surface area contributed by atoms with Crippen LogP contribution in [0.2, 0.25) is 5.02 Å². The van der Waals surface area contributed by atoms with Crippen molar-refractivity contribution in [3.05, 3.63) is 75.7 Å². The first-order valence-corrected chi connectivity index (χ1v) is 12.9. The van der Waals surface area contributed by atoms with Crippen LogP contribution in [0, 0.1) is 5.82 Å². The first-order valence-electron chi connectivity index (χ1n) is 12.5. The summed E-state index contributed by atoms with van der Waals surface area (Å²) in [6, 6.07) is 12.0. The molecule has 34 heavy (non-hydrogen) atoms. The molecule has 2 aromatic carbocycles. The van der Waals surface area contributed by atoms with Gasteiger partial charge in [-0.05, 0) is 73.6 Å². The maximum atomic E-state index is 14.6. The van der Waals surface area contributed by atoms with E-state index < -0.39 is 0 Å². The van der Waals surface area contributed by atoms with Crippen LogP contribution in [0.4, 0.5) is 10.1 Å². The number of benzene rings is 2. The average Bonchev–Trinajstić information content (AvgIpc) is 3.32. The van der Waals surface area contributed by atoms with E-state index >= 15 is 0 Å². The molecule has 0 amide bonds. The second kappa shape index (κ2) is 10.0. The first-order chi connectivity index (χ1) is 16.5. The van der Waals surface area contributed by atoms with E-state index in [9.17, 15) is 4.39 Å². The summed E-state index contributed by atoms with van der Waals surface area (Å²) in [4.78, 5) is 2.65. The van der Waals surface area contributed by atoms with Crippen molar-refractivity contribution in [2.45, 2.75) is 57.5 Å². The predicted octanol–water partition coefficient (Wildman–Crippen LogP) is 6.30. The summed E-state index contributed by atoms with van der Waals surface area (Å²) >= 11 is 6.16. The van der Waals surface area contributed by atoms with E-state index in [1.54, 1.807) is 12.1 Å². The molecule has 1 unspecified atom stereocenters. The van der Waals surface area contributed by atoms with Gasteiger partial charge in [0.1, 0.15) is 5.82 Å². The number of nitrogens with two attached hydrogens (primary N) is 1. The highest BCUT2D eigenvalue weighted by molar-refractivity contribution is 6.30. The second-order valence-corrected chi connectivity index (χ2v) is 10.2. The second-order valence-electron chi connectivity index (χ2n) is 9.81. The summed E-state index contributed by atoms with van der Waals surface area (Å²) in [5.74, 6) is -0.299. The quantitative estimate of drug-likeness (QED) is 0.480. The number of hydrogen-bond donors (Lipinski definition) is 3. The number of hydrogen-bond acceptors (Lipinski definition) is 4. The number of anilines is 1. The summed E-state index contributed by atoms with van der Waals surface area (Å²) in [7, 11) is 0. The predicted molar refractivity (Wildman–Crippen MR) is 140 cm³/mol. The van der Waals surface area contributed by atoms with E-state index in [4.69, 9.17) is 17.3 Å². The summed E-state index contributed by atoms with van der Waals surface area (Å²) in [6.45, 7) is 4.82. The Balaban J connectivity index is 1.48. The molecular weight excluding hydrogens is 447 g/mol. The van der Waals surface area contributed by atoms with Gasteiger partial charge in [-0.25, -0.2) is 4.39 Å². The minimum absolute atomic E-state index is 0.0635. The largest absolute Gasteiger partial charge is 0.401 e. The minimum atomic E-state index is -0.299. The number of allylic oxidation sites excluding steroid dienone is 1. The van der Waals surface area contributed by atoms with Crippen molar-refractivity contribution >= 4 is 28.6 Å². The Bertz CT molecular complexity index is 1120. The number of nitrogens with one attached hydrogen (secondary N) is 2. The van der Waals surface area contributed by atoms with Crippen molar-refractivity contribution in [1.29, 1.82) is 0 Å². The van der Waals surface area contributed by atoms with E-state index in [-0.39, 0.29) is 11.9 Å². The lowest BCUT2D eigenvalue weighted by Crippen LogP contribution is -2.36. The molecule has 6 heteroatoms. The third-order valence-corrected chi connectivity index (χ3v) is 7.77. The number of nitrogens with zero attached hydrogens (tertiary/aromatic N) is 1. The molecule has 1 saturated carbocycles. The fourth-order valence-electron chi connectivity index (χ4n) is 5.72. The molecule has 1 fully saturated rings. The lowest BCUT2D eigenvalue weighted by molar-refractivity contribution is 0.219. The Kier molecular flexibility index (Phi) is 6.84. The van der Waals surface area contributed by atoms with Crippen LogP contribution in [-0.4, -0.2) is 30.6 Å². The van der Waals surface area contributed by atoms with Crippen molar-refractivity contribution in [1.82, 2.24) is 10.2 Å². The van der Waals surface area contributed by atoms with Gasteiger partial charge in [0.05, 0.1) is 17.4 Å². The summed E-state index contributed by atoms with van der Waals surface area (Å²) in [6.07, 6.45) is 9.69. The molecule has 180 valence electrons. The summed E-state index contributed by atoms with van der Waals surface area (Å²) in [5.41, 5.74) is 13.3. The van der Waals surface area contributed by atoms with Crippen LogP contribution in [0.1, 0.15) is 68.2 Å². The lowest BCUT2D eigenvalue weighted by Gasteiger charge is -2.32. The van der Waals surface area contributed by atoms with Gasteiger partial charge >= 0.3 is 0 Å².